The minimum Gasteiger partial charge on any atom is -0.351 e. The number of carbonyl (C=O) groups is 1. The number of thiazole rings is 1. The zero-order valence-electron chi connectivity index (χ0n) is 13.9. The molecule has 0 aliphatic carbocycles. The van der Waals surface area contributed by atoms with Crippen molar-refractivity contribution in [2.75, 3.05) is 26.2 Å². The van der Waals surface area contributed by atoms with E-state index in [1.807, 2.05) is 23.6 Å². The van der Waals surface area contributed by atoms with Crippen molar-refractivity contribution in [1.29, 1.82) is 0 Å². The Kier molecular flexibility index (Phi) is 7.23. The van der Waals surface area contributed by atoms with E-state index in [1.165, 1.54) is 5.56 Å². The van der Waals surface area contributed by atoms with Crippen LogP contribution in [0.25, 0.3) is 0 Å². The second-order valence-corrected chi connectivity index (χ2v) is 6.37. The number of benzene rings is 1. The van der Waals surface area contributed by atoms with Gasteiger partial charge in [0.1, 0.15) is 5.69 Å². The number of hydrogen-bond acceptors (Lipinski definition) is 4. The van der Waals surface area contributed by atoms with Gasteiger partial charge in [-0.25, -0.2) is 4.98 Å². The monoisotopic (exact) mass is 331 g/mol. The van der Waals surface area contributed by atoms with Crippen LogP contribution in [-0.2, 0) is 6.42 Å². The Morgan fingerprint density at radius 2 is 1.96 bits per heavy atom. The highest BCUT2D eigenvalue weighted by Crippen LogP contribution is 2.14. The first-order chi connectivity index (χ1) is 11.2. The predicted octanol–water partition coefficient (Wildman–Crippen LogP) is 3.20. The van der Waals surface area contributed by atoms with Crippen LogP contribution in [-0.4, -0.2) is 42.0 Å². The first-order valence-electron chi connectivity index (χ1n) is 8.21. The van der Waals surface area contributed by atoms with Gasteiger partial charge < -0.3 is 10.2 Å². The molecule has 0 aliphatic rings. The fourth-order valence-electron chi connectivity index (χ4n) is 2.40. The minimum absolute atomic E-state index is 0.0693. The maximum atomic E-state index is 12.1. The fourth-order valence-corrected chi connectivity index (χ4v) is 3.21. The van der Waals surface area contributed by atoms with Gasteiger partial charge in [-0.2, -0.15) is 0 Å². The molecule has 0 atom stereocenters. The predicted molar refractivity (Wildman–Crippen MR) is 96.1 cm³/mol. The molecule has 0 bridgehead atoms. The second-order valence-electron chi connectivity index (χ2n) is 5.43. The van der Waals surface area contributed by atoms with E-state index in [-0.39, 0.29) is 5.91 Å². The van der Waals surface area contributed by atoms with Crippen molar-refractivity contribution in [2.24, 2.45) is 0 Å². The summed E-state index contributed by atoms with van der Waals surface area (Å²) >= 11 is 1.54. The highest BCUT2D eigenvalue weighted by Gasteiger charge is 2.10. The van der Waals surface area contributed by atoms with Crippen LogP contribution in [0.4, 0.5) is 0 Å². The Morgan fingerprint density at radius 3 is 2.65 bits per heavy atom. The van der Waals surface area contributed by atoms with Crippen LogP contribution < -0.4 is 5.32 Å². The van der Waals surface area contributed by atoms with Crippen LogP contribution >= 0.6 is 11.3 Å². The number of amides is 1. The molecule has 4 nitrogen and oxygen atoms in total. The minimum atomic E-state index is -0.0693. The molecule has 1 amide bonds. The van der Waals surface area contributed by atoms with Gasteiger partial charge in [-0.05, 0) is 31.6 Å². The first-order valence-corrected chi connectivity index (χ1v) is 9.09. The van der Waals surface area contributed by atoms with Crippen molar-refractivity contribution < 1.29 is 4.79 Å². The first kappa shape index (κ1) is 17.6. The summed E-state index contributed by atoms with van der Waals surface area (Å²) in [6.45, 7) is 8.14. The average molecular weight is 331 g/mol. The zero-order chi connectivity index (χ0) is 16.5. The van der Waals surface area contributed by atoms with Gasteiger partial charge in [0.2, 0.25) is 0 Å². The van der Waals surface area contributed by atoms with Crippen LogP contribution in [0.1, 0.15) is 41.3 Å². The number of rotatable bonds is 9. The van der Waals surface area contributed by atoms with Crippen LogP contribution in [0.5, 0.6) is 0 Å². The highest BCUT2D eigenvalue weighted by atomic mass is 32.1. The van der Waals surface area contributed by atoms with Gasteiger partial charge in [0.25, 0.3) is 5.91 Å². The summed E-state index contributed by atoms with van der Waals surface area (Å²) in [5.74, 6) is -0.0693. The van der Waals surface area contributed by atoms with Gasteiger partial charge >= 0.3 is 0 Å². The molecule has 0 saturated heterocycles. The lowest BCUT2D eigenvalue weighted by Gasteiger charge is -2.17. The summed E-state index contributed by atoms with van der Waals surface area (Å²) in [5, 5.41) is 5.78. The van der Waals surface area contributed by atoms with Crippen molar-refractivity contribution in [3.63, 3.8) is 0 Å². The Bertz CT molecular complexity index is 593. The maximum absolute atomic E-state index is 12.1. The molecular weight excluding hydrogens is 306 g/mol. The Labute approximate surface area is 142 Å². The molecule has 0 aliphatic heterocycles. The summed E-state index contributed by atoms with van der Waals surface area (Å²) in [6, 6.07) is 10.2. The normalized spacial score (nSPS) is 10.9. The van der Waals surface area contributed by atoms with E-state index in [1.54, 1.807) is 11.3 Å². The topological polar surface area (TPSA) is 45.2 Å². The van der Waals surface area contributed by atoms with E-state index in [0.717, 1.165) is 37.5 Å². The van der Waals surface area contributed by atoms with Crippen LogP contribution in [0.2, 0.25) is 0 Å². The van der Waals surface area contributed by atoms with Gasteiger partial charge in [0.15, 0.2) is 0 Å². The molecule has 23 heavy (non-hydrogen) atoms. The van der Waals surface area contributed by atoms with Gasteiger partial charge in [-0.15, -0.1) is 11.3 Å². The molecule has 2 rings (SSSR count). The maximum Gasteiger partial charge on any atom is 0.270 e. The average Bonchev–Trinajstić information content (AvgIpc) is 3.04. The molecule has 2 aromatic rings. The van der Waals surface area contributed by atoms with Crippen molar-refractivity contribution in [1.82, 2.24) is 15.2 Å². The number of nitrogens with one attached hydrogen (secondary N) is 1. The zero-order valence-corrected chi connectivity index (χ0v) is 14.7. The molecule has 0 fully saturated rings. The summed E-state index contributed by atoms with van der Waals surface area (Å²) in [6.07, 6.45) is 1.75. The van der Waals surface area contributed by atoms with E-state index in [2.05, 4.69) is 41.2 Å². The van der Waals surface area contributed by atoms with E-state index < -0.39 is 0 Å². The van der Waals surface area contributed by atoms with Crippen molar-refractivity contribution >= 4 is 17.2 Å². The molecule has 0 radical (unpaired) electrons. The van der Waals surface area contributed by atoms with Gasteiger partial charge in [-0.1, -0.05) is 44.2 Å². The Hall–Kier alpha value is -1.72. The SMILES string of the molecule is CCN(CC)CCCNC(=O)c1csc(Cc2ccccc2)n1. The van der Waals surface area contributed by atoms with E-state index in [4.69, 9.17) is 0 Å². The lowest BCUT2D eigenvalue weighted by atomic mass is 10.2. The largest absolute Gasteiger partial charge is 0.351 e. The molecule has 0 spiro atoms. The van der Waals surface area contributed by atoms with Crippen molar-refractivity contribution in [3.8, 4) is 0 Å². The molecule has 5 heteroatoms. The summed E-state index contributed by atoms with van der Waals surface area (Å²) in [5.41, 5.74) is 1.75. The molecule has 1 heterocycles. The molecule has 0 unspecified atom stereocenters. The number of carbonyl (C=O) groups excluding carboxylic acids is 1. The summed E-state index contributed by atoms with van der Waals surface area (Å²) < 4.78 is 0. The molecule has 1 aromatic carbocycles. The third-order valence-electron chi connectivity index (χ3n) is 3.81. The Morgan fingerprint density at radius 1 is 1.22 bits per heavy atom. The Balaban J connectivity index is 1.77. The summed E-state index contributed by atoms with van der Waals surface area (Å²) in [7, 11) is 0. The van der Waals surface area contributed by atoms with Gasteiger partial charge in [0.05, 0.1) is 5.01 Å². The van der Waals surface area contributed by atoms with Crippen LogP contribution in [0.3, 0.4) is 0 Å². The smallest absolute Gasteiger partial charge is 0.270 e. The molecule has 0 saturated carbocycles. The number of aromatic nitrogens is 1. The highest BCUT2D eigenvalue weighted by molar-refractivity contribution is 7.09. The molecule has 1 aromatic heterocycles. The molecule has 1 N–H and O–H groups in total. The lowest BCUT2D eigenvalue weighted by molar-refractivity contribution is 0.0947. The van der Waals surface area contributed by atoms with E-state index in [0.29, 0.717) is 12.2 Å². The van der Waals surface area contributed by atoms with Crippen molar-refractivity contribution in [2.45, 2.75) is 26.7 Å². The second kappa shape index (κ2) is 9.43. The fraction of sp³-hybridized carbons (Fsp3) is 0.444. The summed E-state index contributed by atoms with van der Waals surface area (Å²) in [4.78, 5) is 18.9. The van der Waals surface area contributed by atoms with E-state index in [9.17, 15) is 4.79 Å². The third kappa shape index (κ3) is 5.77. The number of hydrogen-bond donors (Lipinski definition) is 1. The third-order valence-corrected chi connectivity index (χ3v) is 4.66. The molecule has 124 valence electrons. The van der Waals surface area contributed by atoms with Gasteiger partial charge in [0, 0.05) is 18.3 Å². The van der Waals surface area contributed by atoms with Crippen LogP contribution in [0.15, 0.2) is 35.7 Å². The van der Waals surface area contributed by atoms with Gasteiger partial charge in [-0.3, -0.25) is 4.79 Å². The lowest BCUT2D eigenvalue weighted by Crippen LogP contribution is -2.30. The van der Waals surface area contributed by atoms with E-state index >= 15 is 0 Å². The van der Waals surface area contributed by atoms with Crippen molar-refractivity contribution in [3.05, 3.63) is 52.0 Å². The standard InChI is InChI=1S/C18H25N3OS/c1-3-21(4-2)12-8-11-19-18(22)16-14-23-17(20-16)13-15-9-6-5-7-10-15/h5-7,9-10,14H,3-4,8,11-13H2,1-2H3,(H,19,22). The molecular formula is C18H25N3OS. The quantitative estimate of drug-likeness (QED) is 0.718. The van der Waals surface area contributed by atoms with Crippen LogP contribution in [0, 0.1) is 0 Å². The number of nitrogens with zero attached hydrogens (tertiary/aromatic N) is 2.